The molecule has 0 rings (SSSR count). The van der Waals surface area contributed by atoms with Crippen LogP contribution in [0.1, 0.15) is 33.1 Å². The Morgan fingerprint density at radius 2 is 1.80 bits per heavy atom. The lowest BCUT2D eigenvalue weighted by molar-refractivity contribution is -0.125. The second-order valence-corrected chi connectivity index (χ2v) is 2.17. The Bertz CT molecular complexity index is 121. The molecule has 0 aliphatic carbocycles. The third-order valence-electron chi connectivity index (χ3n) is 0.975. The number of Topliss-reactive ketones (excluding diaryl/α,β-unsaturated/α-hetero) is 2. The average Bonchev–Trinajstić information content (AvgIpc) is 1.63. The maximum Gasteiger partial charge on any atom is 0.140 e. The molecule has 0 amide bonds. The van der Waals surface area contributed by atoms with Crippen LogP contribution in [0.4, 0.5) is 0 Å². The molecule has 0 saturated carbocycles. The molecule has 0 heterocycles. The van der Waals surface area contributed by atoms with E-state index in [1.54, 1.807) is 0 Å². The molecule has 10 heavy (non-hydrogen) atoms. The zero-order valence-corrected chi connectivity index (χ0v) is 7.16. The number of halogens is 1. The van der Waals surface area contributed by atoms with E-state index >= 15 is 0 Å². The molecule has 0 aliphatic heterocycles. The van der Waals surface area contributed by atoms with Crippen molar-refractivity contribution in [2.45, 2.75) is 33.1 Å². The molecule has 3 heteroatoms. The highest BCUT2D eigenvalue weighted by Crippen LogP contribution is 1.93. The van der Waals surface area contributed by atoms with Gasteiger partial charge in [-0.2, -0.15) is 0 Å². The van der Waals surface area contributed by atoms with E-state index in [-0.39, 0.29) is 30.4 Å². The zero-order valence-electron chi connectivity index (χ0n) is 6.35. The molecule has 0 radical (unpaired) electrons. The van der Waals surface area contributed by atoms with Crippen LogP contribution < -0.4 is 0 Å². The zero-order chi connectivity index (χ0) is 7.28. The highest BCUT2D eigenvalue weighted by atomic mass is 35.5. The van der Waals surface area contributed by atoms with Crippen LogP contribution in [0.5, 0.6) is 0 Å². The van der Waals surface area contributed by atoms with Crippen molar-refractivity contribution in [3.63, 3.8) is 0 Å². The third-order valence-corrected chi connectivity index (χ3v) is 0.975. The summed E-state index contributed by atoms with van der Waals surface area (Å²) >= 11 is 0. The Morgan fingerprint density at radius 1 is 1.30 bits per heavy atom. The minimum atomic E-state index is -0.0338. The van der Waals surface area contributed by atoms with Gasteiger partial charge >= 0.3 is 0 Å². The number of hydrogen-bond donors (Lipinski definition) is 0. The third kappa shape index (κ3) is 7.63. The van der Waals surface area contributed by atoms with Crippen LogP contribution in [-0.2, 0) is 9.59 Å². The van der Waals surface area contributed by atoms with Gasteiger partial charge in [0.25, 0.3) is 0 Å². The Morgan fingerprint density at radius 3 is 2.10 bits per heavy atom. The molecule has 0 aromatic carbocycles. The number of carbonyl (C=O) groups excluding carboxylic acids is 2. The summed E-state index contributed by atoms with van der Waals surface area (Å²) in [5, 5.41) is 0. The first-order valence-corrected chi connectivity index (χ1v) is 3.18. The summed E-state index contributed by atoms with van der Waals surface area (Å²) in [5.74, 6) is 0.0263. The maximum atomic E-state index is 10.6. The molecule has 0 unspecified atom stereocenters. The van der Waals surface area contributed by atoms with E-state index in [1.807, 2.05) is 6.92 Å². The summed E-state index contributed by atoms with van der Waals surface area (Å²) in [4.78, 5) is 20.9. The van der Waals surface area contributed by atoms with Crippen LogP contribution in [0.15, 0.2) is 0 Å². The van der Waals surface area contributed by atoms with E-state index in [0.29, 0.717) is 6.42 Å². The summed E-state index contributed by atoms with van der Waals surface area (Å²) in [7, 11) is 0. The predicted octanol–water partition coefficient (Wildman–Crippen LogP) is 1.76. The normalized spacial score (nSPS) is 8.20. The maximum absolute atomic E-state index is 10.6. The minimum Gasteiger partial charge on any atom is -0.300 e. The Balaban J connectivity index is 0. The molecule has 0 aromatic rings. The van der Waals surface area contributed by atoms with Crippen molar-refractivity contribution in [1.82, 2.24) is 0 Å². The molecule has 60 valence electrons. The van der Waals surface area contributed by atoms with Gasteiger partial charge in [0.1, 0.15) is 11.6 Å². The largest absolute Gasteiger partial charge is 0.300 e. The smallest absolute Gasteiger partial charge is 0.140 e. The Kier molecular flexibility index (Phi) is 8.31. The van der Waals surface area contributed by atoms with Gasteiger partial charge in [-0.3, -0.25) is 9.59 Å². The number of hydrogen-bond acceptors (Lipinski definition) is 2. The van der Waals surface area contributed by atoms with Gasteiger partial charge in [-0.05, 0) is 13.3 Å². The van der Waals surface area contributed by atoms with Crippen LogP contribution in [-0.4, -0.2) is 11.6 Å². The van der Waals surface area contributed by atoms with Crippen molar-refractivity contribution in [2.75, 3.05) is 0 Å². The van der Waals surface area contributed by atoms with E-state index < -0.39 is 0 Å². The van der Waals surface area contributed by atoms with Crippen molar-refractivity contribution >= 4 is 24.0 Å². The van der Waals surface area contributed by atoms with Crippen molar-refractivity contribution in [1.29, 1.82) is 0 Å². The second-order valence-electron chi connectivity index (χ2n) is 2.17. The molecule has 0 atom stereocenters. The highest BCUT2D eigenvalue weighted by Gasteiger charge is 2.01. The summed E-state index contributed by atoms with van der Waals surface area (Å²) < 4.78 is 0. The van der Waals surface area contributed by atoms with Gasteiger partial charge in [-0.1, -0.05) is 6.92 Å². The monoisotopic (exact) mass is 164 g/mol. The van der Waals surface area contributed by atoms with Crippen LogP contribution in [0.3, 0.4) is 0 Å². The number of carbonyl (C=O) groups is 2. The molecule has 0 N–H and O–H groups in total. The Labute approximate surface area is 67.4 Å². The van der Waals surface area contributed by atoms with E-state index in [9.17, 15) is 9.59 Å². The molecule has 0 bridgehead atoms. The summed E-state index contributed by atoms with van der Waals surface area (Å²) in [6.45, 7) is 3.37. The van der Waals surface area contributed by atoms with Crippen molar-refractivity contribution in [2.24, 2.45) is 0 Å². The van der Waals surface area contributed by atoms with Gasteiger partial charge in [0.05, 0.1) is 6.42 Å². The van der Waals surface area contributed by atoms with Crippen LogP contribution >= 0.6 is 12.4 Å². The standard InChI is InChI=1S/C7H12O2.ClH/c1-3-4-7(9)5-6(2)8;/h3-5H2,1-2H3;1H. The highest BCUT2D eigenvalue weighted by molar-refractivity contribution is 5.97. The predicted molar refractivity (Wildman–Crippen MR) is 42.5 cm³/mol. The second kappa shape index (κ2) is 6.75. The lowest BCUT2D eigenvalue weighted by atomic mass is 10.1. The van der Waals surface area contributed by atoms with E-state index in [1.165, 1.54) is 6.92 Å². The molecule has 0 aliphatic rings. The van der Waals surface area contributed by atoms with Crippen molar-refractivity contribution in [3.8, 4) is 0 Å². The first-order valence-electron chi connectivity index (χ1n) is 3.18. The van der Waals surface area contributed by atoms with Gasteiger partial charge in [0, 0.05) is 6.42 Å². The molecule has 0 spiro atoms. The molecular weight excluding hydrogens is 152 g/mol. The fourth-order valence-corrected chi connectivity index (χ4v) is 0.645. The van der Waals surface area contributed by atoms with Crippen LogP contribution in [0.25, 0.3) is 0 Å². The fourth-order valence-electron chi connectivity index (χ4n) is 0.645. The topological polar surface area (TPSA) is 34.1 Å². The molecule has 2 nitrogen and oxygen atoms in total. The lowest BCUT2D eigenvalue weighted by Gasteiger charge is -1.91. The van der Waals surface area contributed by atoms with Gasteiger partial charge in [0.15, 0.2) is 0 Å². The summed E-state index contributed by atoms with van der Waals surface area (Å²) in [6.07, 6.45) is 1.50. The van der Waals surface area contributed by atoms with Crippen molar-refractivity contribution < 1.29 is 9.59 Å². The first-order chi connectivity index (χ1) is 4.16. The first kappa shape index (κ1) is 12.3. The molecular formula is C7H13ClO2. The molecule has 0 fully saturated rings. The molecule has 0 saturated heterocycles. The van der Waals surface area contributed by atoms with E-state index in [4.69, 9.17) is 0 Å². The van der Waals surface area contributed by atoms with Gasteiger partial charge in [-0.25, -0.2) is 0 Å². The fraction of sp³-hybridized carbons (Fsp3) is 0.714. The summed E-state index contributed by atoms with van der Waals surface area (Å²) in [5.41, 5.74) is 0. The summed E-state index contributed by atoms with van der Waals surface area (Å²) in [6, 6.07) is 0. The van der Waals surface area contributed by atoms with Crippen molar-refractivity contribution in [3.05, 3.63) is 0 Å². The molecule has 0 aromatic heterocycles. The van der Waals surface area contributed by atoms with Gasteiger partial charge in [0.2, 0.25) is 0 Å². The van der Waals surface area contributed by atoms with E-state index in [2.05, 4.69) is 0 Å². The SMILES string of the molecule is CCCC(=O)CC(C)=O.Cl. The van der Waals surface area contributed by atoms with Crippen LogP contribution in [0.2, 0.25) is 0 Å². The van der Waals surface area contributed by atoms with Crippen LogP contribution in [0, 0.1) is 0 Å². The van der Waals surface area contributed by atoms with E-state index in [0.717, 1.165) is 6.42 Å². The Hall–Kier alpha value is -0.370. The number of rotatable bonds is 4. The van der Waals surface area contributed by atoms with Gasteiger partial charge in [-0.15, -0.1) is 12.4 Å². The number of ketones is 2. The quantitative estimate of drug-likeness (QED) is 0.594. The average molecular weight is 165 g/mol. The van der Waals surface area contributed by atoms with Gasteiger partial charge < -0.3 is 0 Å². The lowest BCUT2D eigenvalue weighted by Crippen LogP contribution is -2.02. The minimum absolute atomic E-state index is 0.